The van der Waals surface area contributed by atoms with E-state index < -0.39 is 0 Å². The van der Waals surface area contributed by atoms with Crippen molar-refractivity contribution in [1.82, 2.24) is 19.7 Å². The van der Waals surface area contributed by atoms with Crippen LogP contribution in [0.1, 0.15) is 40.1 Å². The van der Waals surface area contributed by atoms with E-state index in [1.54, 1.807) is 30.2 Å². The predicted molar refractivity (Wildman–Crippen MR) is 102 cm³/mol. The monoisotopic (exact) mass is 363 g/mol. The second kappa shape index (κ2) is 5.70. The van der Waals surface area contributed by atoms with Gasteiger partial charge in [-0.2, -0.15) is 5.10 Å². The van der Waals surface area contributed by atoms with Crippen LogP contribution in [0.15, 0.2) is 36.7 Å². The Balaban J connectivity index is 1.53. The molecule has 0 unspecified atom stereocenters. The van der Waals surface area contributed by atoms with Gasteiger partial charge in [0.15, 0.2) is 0 Å². The number of amides is 2. The van der Waals surface area contributed by atoms with E-state index in [0.717, 1.165) is 36.8 Å². The van der Waals surface area contributed by atoms with E-state index in [1.807, 2.05) is 18.2 Å². The number of aromatic nitrogens is 3. The quantitative estimate of drug-likeness (QED) is 0.734. The Hall–Kier alpha value is -3.09. The fraction of sp³-hybridized carbons (Fsp3) is 0.350. The number of aryl methyl sites for hydroxylation is 1. The first-order valence-corrected chi connectivity index (χ1v) is 9.25. The third kappa shape index (κ3) is 2.61. The molecule has 1 saturated carbocycles. The van der Waals surface area contributed by atoms with Gasteiger partial charge in [-0.25, -0.2) is 0 Å². The number of benzene rings is 1. The molecule has 1 aromatic carbocycles. The highest BCUT2D eigenvalue weighted by Crippen LogP contribution is 2.44. The second-order valence-electron chi connectivity index (χ2n) is 7.78. The molecule has 2 aliphatic rings. The van der Waals surface area contributed by atoms with Crippen molar-refractivity contribution in [2.45, 2.75) is 25.8 Å². The summed E-state index contributed by atoms with van der Waals surface area (Å²) in [5.41, 5.74) is 3.00. The number of fused-ring (bicyclic) bond motifs is 3. The van der Waals surface area contributed by atoms with Gasteiger partial charge in [0.1, 0.15) is 5.69 Å². The number of rotatable bonds is 2. The molecule has 3 heterocycles. The zero-order chi connectivity index (χ0) is 18.6. The van der Waals surface area contributed by atoms with Crippen molar-refractivity contribution in [2.24, 2.45) is 12.5 Å². The molecule has 138 valence electrons. The normalized spacial score (nSPS) is 17.9. The maximum atomic E-state index is 12.6. The molecule has 27 heavy (non-hydrogen) atoms. The fourth-order valence-corrected chi connectivity index (χ4v) is 4.20. The second-order valence-corrected chi connectivity index (χ2v) is 7.78. The Kier molecular flexibility index (Phi) is 3.40. The summed E-state index contributed by atoms with van der Waals surface area (Å²) < 4.78 is 3.74. The molecule has 2 N–H and O–H groups in total. The average molecular weight is 363 g/mol. The van der Waals surface area contributed by atoms with E-state index in [2.05, 4.69) is 20.3 Å². The minimum absolute atomic E-state index is 0.0312. The molecular weight excluding hydrogens is 342 g/mol. The van der Waals surface area contributed by atoms with Gasteiger partial charge in [-0.15, -0.1) is 0 Å². The summed E-state index contributed by atoms with van der Waals surface area (Å²) in [6.45, 7) is 1.55. The third-order valence-corrected chi connectivity index (χ3v) is 5.89. The molecule has 1 aliphatic carbocycles. The molecule has 2 aromatic heterocycles. The van der Waals surface area contributed by atoms with Gasteiger partial charge in [0.05, 0.1) is 11.9 Å². The topological polar surface area (TPSA) is 81.0 Å². The van der Waals surface area contributed by atoms with E-state index >= 15 is 0 Å². The molecule has 1 aliphatic heterocycles. The average Bonchev–Trinajstić information content (AvgIpc) is 3.15. The fourth-order valence-electron chi connectivity index (χ4n) is 4.20. The number of anilines is 1. The highest BCUT2D eigenvalue weighted by molar-refractivity contribution is 6.07. The first kappa shape index (κ1) is 16.1. The van der Waals surface area contributed by atoms with Crippen LogP contribution in [-0.2, 0) is 13.6 Å². The van der Waals surface area contributed by atoms with Crippen molar-refractivity contribution in [3.05, 3.63) is 47.9 Å². The van der Waals surface area contributed by atoms with Crippen LogP contribution in [0.2, 0.25) is 0 Å². The van der Waals surface area contributed by atoms with Crippen molar-refractivity contribution < 1.29 is 9.59 Å². The molecule has 1 fully saturated rings. The number of nitrogens with zero attached hydrogens (tertiary/aromatic N) is 3. The lowest BCUT2D eigenvalue weighted by Crippen LogP contribution is -2.41. The lowest BCUT2D eigenvalue weighted by atomic mass is 9.68. The number of nitrogens with one attached hydrogen (secondary N) is 2. The number of carbonyl (C=O) groups is 2. The van der Waals surface area contributed by atoms with Crippen LogP contribution in [0.4, 0.5) is 5.69 Å². The molecule has 0 bridgehead atoms. The van der Waals surface area contributed by atoms with E-state index in [9.17, 15) is 9.59 Å². The van der Waals surface area contributed by atoms with Crippen molar-refractivity contribution in [3.63, 3.8) is 0 Å². The molecule has 7 heteroatoms. The van der Waals surface area contributed by atoms with Crippen LogP contribution >= 0.6 is 0 Å². The van der Waals surface area contributed by atoms with Gasteiger partial charge in [0.2, 0.25) is 0 Å². The zero-order valence-corrected chi connectivity index (χ0v) is 15.2. The molecule has 3 aromatic rings. The highest BCUT2D eigenvalue weighted by atomic mass is 16.2. The Morgan fingerprint density at radius 2 is 2.15 bits per heavy atom. The molecule has 5 rings (SSSR count). The molecule has 7 nitrogen and oxygen atoms in total. The maximum Gasteiger partial charge on any atom is 0.267 e. The molecular formula is C20H21N5O2. The Labute approximate surface area is 156 Å². The molecule has 0 atom stereocenters. The Morgan fingerprint density at radius 1 is 1.30 bits per heavy atom. The molecule has 0 saturated heterocycles. The standard InChI is InChI=1S/C20H21N5O2/c1-24-10-15(9-22-24)23-18(26)14-4-3-13-7-17-19(27)21-11-20(5-2-6-20)12-25(17)16(13)8-14/h3-4,7-10H,2,5-6,11-12H2,1H3,(H,21,27)(H,23,26). The summed E-state index contributed by atoms with van der Waals surface area (Å²) in [5.74, 6) is -0.215. The number of hydrogen-bond acceptors (Lipinski definition) is 3. The van der Waals surface area contributed by atoms with E-state index in [-0.39, 0.29) is 17.2 Å². The van der Waals surface area contributed by atoms with Crippen LogP contribution in [0.5, 0.6) is 0 Å². The molecule has 1 spiro atoms. The van der Waals surface area contributed by atoms with Crippen LogP contribution in [-0.4, -0.2) is 32.7 Å². The van der Waals surface area contributed by atoms with Crippen molar-refractivity contribution in [2.75, 3.05) is 11.9 Å². The lowest BCUT2D eigenvalue weighted by Gasteiger charge is -2.41. The van der Waals surface area contributed by atoms with E-state index in [1.165, 1.54) is 6.42 Å². The number of hydrogen-bond donors (Lipinski definition) is 2. The van der Waals surface area contributed by atoms with E-state index in [0.29, 0.717) is 16.9 Å². The summed E-state index contributed by atoms with van der Waals surface area (Å²) in [6, 6.07) is 7.52. The summed E-state index contributed by atoms with van der Waals surface area (Å²) in [6.07, 6.45) is 6.85. The van der Waals surface area contributed by atoms with Gasteiger partial charge in [0.25, 0.3) is 11.8 Å². The summed E-state index contributed by atoms with van der Waals surface area (Å²) in [4.78, 5) is 25.2. The van der Waals surface area contributed by atoms with Crippen molar-refractivity contribution in [3.8, 4) is 0 Å². The largest absolute Gasteiger partial charge is 0.350 e. The SMILES string of the molecule is Cn1cc(NC(=O)c2ccc3cc4n(c3c2)CC2(CCC2)CNC4=O)cn1. The summed E-state index contributed by atoms with van der Waals surface area (Å²) >= 11 is 0. The van der Waals surface area contributed by atoms with Gasteiger partial charge in [-0.1, -0.05) is 12.5 Å². The Bertz CT molecular complexity index is 1070. The van der Waals surface area contributed by atoms with Crippen LogP contribution < -0.4 is 10.6 Å². The smallest absolute Gasteiger partial charge is 0.267 e. The summed E-state index contributed by atoms with van der Waals surface area (Å²) in [7, 11) is 1.80. The van der Waals surface area contributed by atoms with Crippen LogP contribution in [0.25, 0.3) is 10.9 Å². The Morgan fingerprint density at radius 3 is 2.85 bits per heavy atom. The lowest BCUT2D eigenvalue weighted by molar-refractivity contribution is 0.0878. The van der Waals surface area contributed by atoms with Gasteiger partial charge in [0, 0.05) is 48.2 Å². The predicted octanol–water partition coefficient (Wildman–Crippen LogP) is 2.54. The zero-order valence-electron chi connectivity index (χ0n) is 15.2. The molecule has 0 radical (unpaired) electrons. The maximum absolute atomic E-state index is 12.6. The van der Waals surface area contributed by atoms with Gasteiger partial charge >= 0.3 is 0 Å². The van der Waals surface area contributed by atoms with E-state index in [4.69, 9.17) is 0 Å². The van der Waals surface area contributed by atoms with Crippen molar-refractivity contribution in [1.29, 1.82) is 0 Å². The van der Waals surface area contributed by atoms with Gasteiger partial charge < -0.3 is 15.2 Å². The molecule has 2 amide bonds. The first-order valence-electron chi connectivity index (χ1n) is 9.25. The van der Waals surface area contributed by atoms with Gasteiger partial charge in [-0.3, -0.25) is 14.3 Å². The minimum Gasteiger partial charge on any atom is -0.350 e. The minimum atomic E-state index is -0.183. The first-order chi connectivity index (χ1) is 13.0. The van der Waals surface area contributed by atoms with Crippen LogP contribution in [0, 0.1) is 5.41 Å². The highest BCUT2D eigenvalue weighted by Gasteiger charge is 2.40. The van der Waals surface area contributed by atoms with Crippen molar-refractivity contribution >= 4 is 28.4 Å². The van der Waals surface area contributed by atoms with Gasteiger partial charge in [-0.05, 0) is 31.0 Å². The third-order valence-electron chi connectivity index (χ3n) is 5.89. The van der Waals surface area contributed by atoms with Crippen LogP contribution in [0.3, 0.4) is 0 Å². The number of carbonyl (C=O) groups excluding carboxylic acids is 2. The summed E-state index contributed by atoms with van der Waals surface area (Å²) in [5, 5.41) is 11.0.